The van der Waals surface area contributed by atoms with Crippen LogP contribution >= 0.6 is 11.6 Å². The molecule has 0 bridgehead atoms. The standard InChI is InChI=1S/C14H22ClN/c1-14(2,3)13(9-10-15)16-11-12-7-5-4-6-8-12/h4-8,13,16H,9-11H2,1-3H3. The molecule has 0 spiro atoms. The van der Waals surface area contributed by atoms with Gasteiger partial charge in [-0.2, -0.15) is 0 Å². The van der Waals surface area contributed by atoms with Crippen LogP contribution in [0.15, 0.2) is 30.3 Å². The summed E-state index contributed by atoms with van der Waals surface area (Å²) in [5.41, 5.74) is 1.58. The number of benzene rings is 1. The van der Waals surface area contributed by atoms with E-state index in [9.17, 15) is 0 Å². The molecule has 16 heavy (non-hydrogen) atoms. The quantitative estimate of drug-likeness (QED) is 0.771. The van der Waals surface area contributed by atoms with Crippen LogP contribution in [0.4, 0.5) is 0 Å². The molecule has 0 radical (unpaired) electrons. The van der Waals surface area contributed by atoms with Crippen LogP contribution in [0.25, 0.3) is 0 Å². The van der Waals surface area contributed by atoms with E-state index in [1.165, 1.54) is 5.56 Å². The van der Waals surface area contributed by atoms with Gasteiger partial charge in [-0.05, 0) is 17.4 Å². The molecule has 0 aromatic heterocycles. The second-order valence-corrected chi connectivity index (χ2v) is 5.64. The highest BCUT2D eigenvalue weighted by atomic mass is 35.5. The number of hydrogen-bond donors (Lipinski definition) is 1. The summed E-state index contributed by atoms with van der Waals surface area (Å²) in [5, 5.41) is 3.59. The van der Waals surface area contributed by atoms with Crippen LogP contribution in [0.3, 0.4) is 0 Å². The third-order valence-corrected chi connectivity index (χ3v) is 3.06. The highest BCUT2D eigenvalue weighted by Crippen LogP contribution is 2.22. The number of alkyl halides is 1. The largest absolute Gasteiger partial charge is 0.309 e. The van der Waals surface area contributed by atoms with Crippen molar-refractivity contribution in [3.8, 4) is 0 Å². The summed E-state index contributed by atoms with van der Waals surface area (Å²) in [6.45, 7) is 7.67. The first-order valence-corrected chi connectivity index (χ1v) is 6.41. The summed E-state index contributed by atoms with van der Waals surface area (Å²) in [6, 6.07) is 10.9. The van der Waals surface area contributed by atoms with E-state index < -0.39 is 0 Å². The summed E-state index contributed by atoms with van der Waals surface area (Å²) in [6.07, 6.45) is 1.01. The van der Waals surface area contributed by atoms with Gasteiger partial charge in [0.2, 0.25) is 0 Å². The van der Waals surface area contributed by atoms with Crippen molar-refractivity contribution in [2.24, 2.45) is 5.41 Å². The van der Waals surface area contributed by atoms with Gasteiger partial charge in [0.15, 0.2) is 0 Å². The third kappa shape index (κ3) is 4.54. The Morgan fingerprint density at radius 2 is 1.81 bits per heavy atom. The van der Waals surface area contributed by atoms with E-state index in [1.54, 1.807) is 0 Å². The zero-order valence-corrected chi connectivity index (χ0v) is 11.2. The van der Waals surface area contributed by atoms with Gasteiger partial charge in [-0.1, -0.05) is 51.1 Å². The van der Waals surface area contributed by atoms with Crippen LogP contribution in [-0.2, 0) is 6.54 Å². The summed E-state index contributed by atoms with van der Waals surface area (Å²) in [7, 11) is 0. The Labute approximate surface area is 104 Å². The fourth-order valence-electron chi connectivity index (χ4n) is 1.79. The molecular weight excluding hydrogens is 218 g/mol. The molecule has 0 saturated heterocycles. The van der Waals surface area contributed by atoms with Crippen LogP contribution < -0.4 is 5.32 Å². The third-order valence-electron chi connectivity index (χ3n) is 2.84. The smallest absolute Gasteiger partial charge is 0.0238 e. The first kappa shape index (κ1) is 13.5. The molecule has 0 amide bonds. The monoisotopic (exact) mass is 239 g/mol. The lowest BCUT2D eigenvalue weighted by Crippen LogP contribution is -2.40. The summed E-state index contributed by atoms with van der Waals surface area (Å²) in [5.74, 6) is 0.712. The van der Waals surface area contributed by atoms with Gasteiger partial charge in [-0.25, -0.2) is 0 Å². The second kappa shape index (κ2) is 6.27. The summed E-state index contributed by atoms with van der Waals surface area (Å²) < 4.78 is 0. The first-order valence-electron chi connectivity index (χ1n) is 5.87. The van der Waals surface area contributed by atoms with Crippen LogP contribution in [0.5, 0.6) is 0 Å². The van der Waals surface area contributed by atoms with E-state index in [1.807, 2.05) is 6.07 Å². The molecule has 1 rings (SSSR count). The molecule has 1 aromatic rings. The Bertz CT molecular complexity index is 289. The molecule has 0 heterocycles. The van der Waals surface area contributed by atoms with Crippen LogP contribution in [0, 0.1) is 5.41 Å². The van der Waals surface area contributed by atoms with E-state index in [-0.39, 0.29) is 5.41 Å². The minimum atomic E-state index is 0.254. The van der Waals surface area contributed by atoms with Crippen LogP contribution in [0.2, 0.25) is 0 Å². The molecule has 90 valence electrons. The van der Waals surface area contributed by atoms with Gasteiger partial charge in [0, 0.05) is 18.5 Å². The molecule has 1 atom stereocenters. The molecule has 1 N–H and O–H groups in total. The van der Waals surface area contributed by atoms with Crippen LogP contribution in [-0.4, -0.2) is 11.9 Å². The average Bonchev–Trinajstić information content (AvgIpc) is 2.24. The Hall–Kier alpha value is -0.530. The van der Waals surface area contributed by atoms with Crippen molar-refractivity contribution >= 4 is 11.6 Å². The minimum Gasteiger partial charge on any atom is -0.309 e. The SMILES string of the molecule is CC(C)(C)C(CCCl)NCc1ccccc1. The Morgan fingerprint density at radius 3 is 2.31 bits per heavy atom. The molecule has 0 fully saturated rings. The Balaban J connectivity index is 2.51. The van der Waals surface area contributed by atoms with E-state index >= 15 is 0 Å². The highest BCUT2D eigenvalue weighted by molar-refractivity contribution is 6.17. The number of rotatable bonds is 5. The molecule has 0 aliphatic rings. The minimum absolute atomic E-state index is 0.254. The van der Waals surface area contributed by atoms with Crippen LogP contribution in [0.1, 0.15) is 32.8 Å². The highest BCUT2D eigenvalue weighted by Gasteiger charge is 2.23. The lowest BCUT2D eigenvalue weighted by atomic mass is 9.85. The first-order chi connectivity index (χ1) is 7.54. The Morgan fingerprint density at radius 1 is 1.19 bits per heavy atom. The molecule has 0 saturated carbocycles. The number of nitrogens with one attached hydrogen (secondary N) is 1. The predicted molar refractivity (Wildman–Crippen MR) is 71.9 cm³/mol. The van der Waals surface area contributed by atoms with Gasteiger partial charge in [0.05, 0.1) is 0 Å². The molecule has 1 aromatic carbocycles. The Kier molecular flexibility index (Phi) is 5.30. The molecule has 0 aliphatic carbocycles. The van der Waals surface area contributed by atoms with Crippen molar-refractivity contribution in [1.82, 2.24) is 5.32 Å². The lowest BCUT2D eigenvalue weighted by Gasteiger charge is -2.31. The van der Waals surface area contributed by atoms with Crippen molar-refractivity contribution < 1.29 is 0 Å². The van der Waals surface area contributed by atoms with Gasteiger partial charge >= 0.3 is 0 Å². The molecular formula is C14H22ClN. The molecule has 2 heteroatoms. The molecule has 1 unspecified atom stereocenters. The van der Waals surface area contributed by atoms with Crippen molar-refractivity contribution in [2.75, 3.05) is 5.88 Å². The van der Waals surface area contributed by atoms with E-state index in [0.29, 0.717) is 11.9 Å². The van der Waals surface area contributed by atoms with Crippen molar-refractivity contribution in [3.63, 3.8) is 0 Å². The predicted octanol–water partition coefficient (Wildman–Crippen LogP) is 3.82. The number of hydrogen-bond acceptors (Lipinski definition) is 1. The molecule has 0 aliphatic heterocycles. The van der Waals surface area contributed by atoms with E-state index in [0.717, 1.165) is 13.0 Å². The fraction of sp³-hybridized carbons (Fsp3) is 0.571. The van der Waals surface area contributed by atoms with Gasteiger partial charge in [-0.3, -0.25) is 0 Å². The van der Waals surface area contributed by atoms with Gasteiger partial charge in [0.25, 0.3) is 0 Å². The van der Waals surface area contributed by atoms with E-state index in [2.05, 4.69) is 50.4 Å². The second-order valence-electron chi connectivity index (χ2n) is 5.26. The maximum atomic E-state index is 5.84. The summed E-state index contributed by atoms with van der Waals surface area (Å²) in [4.78, 5) is 0. The maximum Gasteiger partial charge on any atom is 0.0238 e. The zero-order valence-electron chi connectivity index (χ0n) is 10.5. The maximum absolute atomic E-state index is 5.84. The van der Waals surface area contributed by atoms with Crippen molar-refractivity contribution in [2.45, 2.75) is 39.8 Å². The fourth-order valence-corrected chi connectivity index (χ4v) is 2.01. The van der Waals surface area contributed by atoms with Gasteiger partial charge < -0.3 is 5.32 Å². The zero-order chi connectivity index (χ0) is 12.0. The molecule has 1 nitrogen and oxygen atoms in total. The summed E-state index contributed by atoms with van der Waals surface area (Å²) >= 11 is 5.84. The average molecular weight is 240 g/mol. The van der Waals surface area contributed by atoms with Crippen molar-refractivity contribution in [1.29, 1.82) is 0 Å². The van der Waals surface area contributed by atoms with Crippen molar-refractivity contribution in [3.05, 3.63) is 35.9 Å². The van der Waals surface area contributed by atoms with Gasteiger partial charge in [-0.15, -0.1) is 11.6 Å². The number of halogens is 1. The lowest BCUT2D eigenvalue weighted by molar-refractivity contribution is 0.260. The van der Waals surface area contributed by atoms with E-state index in [4.69, 9.17) is 11.6 Å². The topological polar surface area (TPSA) is 12.0 Å². The van der Waals surface area contributed by atoms with Gasteiger partial charge in [0.1, 0.15) is 0 Å². The normalized spacial score (nSPS) is 13.8.